The highest BCUT2D eigenvalue weighted by molar-refractivity contribution is 7.80. The predicted molar refractivity (Wildman–Crippen MR) is 181 cm³/mol. The van der Waals surface area contributed by atoms with Gasteiger partial charge in [0.15, 0.2) is 0 Å². The molecule has 6 aromatic carbocycles. The van der Waals surface area contributed by atoms with Crippen molar-refractivity contribution in [2.75, 3.05) is 0 Å². The molecular formula is C36H33P3. The molecule has 0 aliphatic heterocycles. The standard InChI is InChI=1S/2C18H15P.H3P/c2*1-4-10-16(11-5-1)19(17-12-6-2-7-13-17)18-14-8-3-9-15-18;/h2*1-15H;1H3. The Bertz CT molecular complexity index is 1170. The van der Waals surface area contributed by atoms with Crippen LogP contribution in [-0.4, -0.2) is 0 Å². The van der Waals surface area contributed by atoms with E-state index in [-0.39, 0.29) is 9.90 Å². The average molecular weight is 559 g/mol. The van der Waals surface area contributed by atoms with E-state index >= 15 is 0 Å². The van der Waals surface area contributed by atoms with Crippen LogP contribution in [0.3, 0.4) is 0 Å². The van der Waals surface area contributed by atoms with Gasteiger partial charge >= 0.3 is 0 Å². The largest absolute Gasteiger partial charge is 0.153 e. The molecule has 1 atom stereocenters. The summed E-state index contributed by atoms with van der Waals surface area (Å²) in [6.07, 6.45) is 0. The molecule has 0 radical (unpaired) electrons. The normalized spacial score (nSPS) is 10.3. The van der Waals surface area contributed by atoms with Gasteiger partial charge in [0.2, 0.25) is 0 Å². The minimum absolute atomic E-state index is 0. The van der Waals surface area contributed by atoms with Gasteiger partial charge in [0.25, 0.3) is 0 Å². The first-order chi connectivity index (χ1) is 18.9. The van der Waals surface area contributed by atoms with E-state index in [4.69, 9.17) is 0 Å². The molecule has 6 aromatic rings. The van der Waals surface area contributed by atoms with Crippen LogP contribution in [0.15, 0.2) is 182 Å². The molecule has 0 saturated carbocycles. The Morgan fingerprint density at radius 3 is 0.462 bits per heavy atom. The monoisotopic (exact) mass is 558 g/mol. The van der Waals surface area contributed by atoms with Crippen LogP contribution in [0.1, 0.15) is 0 Å². The third kappa shape index (κ3) is 7.82. The van der Waals surface area contributed by atoms with Gasteiger partial charge in [-0.2, -0.15) is 9.90 Å². The lowest BCUT2D eigenvalue weighted by molar-refractivity contribution is 1.74. The van der Waals surface area contributed by atoms with E-state index in [1.165, 1.54) is 31.8 Å². The quantitative estimate of drug-likeness (QED) is 0.194. The summed E-state index contributed by atoms with van der Waals surface area (Å²) < 4.78 is 0. The maximum Gasteiger partial charge on any atom is -0.0134 e. The van der Waals surface area contributed by atoms with Gasteiger partial charge in [-0.25, -0.2) is 0 Å². The smallest absolute Gasteiger partial charge is 0.0134 e. The molecule has 0 aliphatic rings. The molecule has 192 valence electrons. The molecule has 0 bridgehead atoms. The zero-order valence-electron chi connectivity index (χ0n) is 21.9. The molecule has 3 heteroatoms. The van der Waals surface area contributed by atoms with Gasteiger partial charge in [-0.15, -0.1) is 0 Å². The van der Waals surface area contributed by atoms with Crippen LogP contribution >= 0.6 is 25.7 Å². The Kier molecular flexibility index (Phi) is 11.2. The summed E-state index contributed by atoms with van der Waals surface area (Å²) in [6, 6.07) is 64.7. The van der Waals surface area contributed by atoms with Crippen molar-refractivity contribution >= 4 is 57.6 Å². The minimum Gasteiger partial charge on any atom is -0.153 e. The van der Waals surface area contributed by atoms with E-state index in [1.54, 1.807) is 0 Å². The Hall–Kier alpha value is -3.39. The topological polar surface area (TPSA) is 0 Å². The van der Waals surface area contributed by atoms with Gasteiger partial charge in [0.05, 0.1) is 0 Å². The van der Waals surface area contributed by atoms with Gasteiger partial charge in [-0.3, -0.25) is 0 Å². The lowest BCUT2D eigenvalue weighted by Gasteiger charge is -2.18. The average Bonchev–Trinajstić information content (AvgIpc) is 3.01. The van der Waals surface area contributed by atoms with Crippen LogP contribution in [0.25, 0.3) is 0 Å². The second-order valence-corrected chi connectivity index (χ2v) is 13.1. The summed E-state index contributed by atoms with van der Waals surface area (Å²) in [7, 11) is -0.892. The van der Waals surface area contributed by atoms with Crippen LogP contribution in [0, 0.1) is 0 Å². The molecule has 0 fully saturated rings. The molecular weight excluding hydrogens is 525 g/mol. The summed E-state index contributed by atoms with van der Waals surface area (Å²) in [4.78, 5) is 0. The Morgan fingerprint density at radius 2 is 0.333 bits per heavy atom. The van der Waals surface area contributed by atoms with Crippen LogP contribution in [0.5, 0.6) is 0 Å². The van der Waals surface area contributed by atoms with Gasteiger partial charge in [-0.1, -0.05) is 182 Å². The summed E-state index contributed by atoms with van der Waals surface area (Å²) in [5, 5.41) is 8.39. The van der Waals surface area contributed by atoms with Crippen LogP contribution in [0.2, 0.25) is 0 Å². The van der Waals surface area contributed by atoms with Crippen molar-refractivity contribution in [3.63, 3.8) is 0 Å². The Labute approximate surface area is 238 Å². The van der Waals surface area contributed by atoms with E-state index in [9.17, 15) is 0 Å². The molecule has 0 aliphatic carbocycles. The van der Waals surface area contributed by atoms with Crippen LogP contribution in [0.4, 0.5) is 0 Å². The highest BCUT2D eigenvalue weighted by Crippen LogP contribution is 2.33. The maximum absolute atomic E-state index is 2.23. The van der Waals surface area contributed by atoms with Crippen molar-refractivity contribution in [1.82, 2.24) is 0 Å². The lowest BCUT2D eigenvalue weighted by Crippen LogP contribution is -2.20. The van der Waals surface area contributed by atoms with E-state index in [1.807, 2.05) is 0 Å². The molecule has 0 N–H and O–H groups in total. The molecule has 0 saturated heterocycles. The van der Waals surface area contributed by atoms with Gasteiger partial charge in [0.1, 0.15) is 0 Å². The third-order valence-corrected chi connectivity index (χ3v) is 11.0. The predicted octanol–water partition coefficient (Wildman–Crippen LogP) is 6.95. The van der Waals surface area contributed by atoms with Crippen molar-refractivity contribution in [1.29, 1.82) is 0 Å². The fourth-order valence-corrected chi connectivity index (χ4v) is 8.97. The third-order valence-electron chi connectivity index (χ3n) is 6.09. The Morgan fingerprint density at radius 1 is 0.205 bits per heavy atom. The second kappa shape index (κ2) is 15.3. The highest BCUT2D eigenvalue weighted by Gasteiger charge is 2.16. The molecule has 39 heavy (non-hydrogen) atoms. The van der Waals surface area contributed by atoms with E-state index in [2.05, 4.69) is 182 Å². The molecule has 1 unspecified atom stereocenters. The first-order valence-corrected chi connectivity index (χ1v) is 15.5. The van der Waals surface area contributed by atoms with E-state index < -0.39 is 15.8 Å². The minimum atomic E-state index is -0.446. The first-order valence-electron chi connectivity index (χ1n) is 12.8. The van der Waals surface area contributed by atoms with Gasteiger partial charge in [0, 0.05) is 0 Å². The van der Waals surface area contributed by atoms with E-state index in [0.717, 1.165) is 0 Å². The van der Waals surface area contributed by atoms with Crippen LogP contribution in [-0.2, 0) is 0 Å². The SMILES string of the molecule is P.c1ccc(P(c2ccccc2)c2ccccc2)cc1.c1ccc(P(c2ccccc2)c2ccccc2)cc1. The molecule has 0 nitrogen and oxygen atoms in total. The second-order valence-electron chi connectivity index (χ2n) is 8.68. The number of hydrogen-bond acceptors (Lipinski definition) is 0. The molecule has 0 spiro atoms. The summed E-state index contributed by atoms with van der Waals surface area (Å²) in [5.74, 6) is 0. The van der Waals surface area contributed by atoms with Crippen molar-refractivity contribution < 1.29 is 0 Å². The van der Waals surface area contributed by atoms with Crippen LogP contribution < -0.4 is 31.8 Å². The highest BCUT2D eigenvalue weighted by atomic mass is 31.1. The fourth-order valence-electron chi connectivity index (χ4n) is 4.36. The van der Waals surface area contributed by atoms with Crippen molar-refractivity contribution in [3.8, 4) is 0 Å². The fraction of sp³-hybridized carbons (Fsp3) is 0. The number of hydrogen-bond donors (Lipinski definition) is 0. The van der Waals surface area contributed by atoms with E-state index in [0.29, 0.717) is 0 Å². The first kappa shape index (κ1) is 28.6. The molecule has 0 heterocycles. The maximum atomic E-state index is 2.23. The zero-order chi connectivity index (χ0) is 25.8. The number of rotatable bonds is 6. The number of benzene rings is 6. The zero-order valence-corrected chi connectivity index (χ0v) is 25.1. The summed E-state index contributed by atoms with van der Waals surface area (Å²) in [5.41, 5.74) is 0. The van der Waals surface area contributed by atoms with Gasteiger partial charge < -0.3 is 0 Å². The summed E-state index contributed by atoms with van der Waals surface area (Å²) >= 11 is 0. The van der Waals surface area contributed by atoms with Gasteiger partial charge in [-0.05, 0) is 47.7 Å². The molecule has 0 amide bonds. The summed E-state index contributed by atoms with van der Waals surface area (Å²) in [6.45, 7) is 0. The van der Waals surface area contributed by atoms with Crippen molar-refractivity contribution in [2.24, 2.45) is 0 Å². The van der Waals surface area contributed by atoms with Crippen molar-refractivity contribution in [3.05, 3.63) is 182 Å². The van der Waals surface area contributed by atoms with Crippen molar-refractivity contribution in [2.45, 2.75) is 0 Å². The lowest BCUT2D eigenvalue weighted by atomic mass is 10.4. The molecule has 6 rings (SSSR count). The Balaban J connectivity index is 0.000000176. The molecule has 0 aromatic heterocycles.